The van der Waals surface area contributed by atoms with Crippen molar-refractivity contribution in [3.05, 3.63) is 108 Å². The zero-order valence-corrected chi connectivity index (χ0v) is 22.3. The van der Waals surface area contributed by atoms with Crippen molar-refractivity contribution in [1.82, 2.24) is 20.0 Å². The van der Waals surface area contributed by atoms with Gasteiger partial charge in [-0.15, -0.1) is 5.10 Å². The van der Waals surface area contributed by atoms with E-state index in [2.05, 4.69) is 20.6 Å². The van der Waals surface area contributed by atoms with Crippen molar-refractivity contribution in [2.24, 2.45) is 7.05 Å². The number of halogens is 2. The highest BCUT2D eigenvalue weighted by molar-refractivity contribution is 5.90. The molecule has 0 aliphatic carbocycles. The van der Waals surface area contributed by atoms with Gasteiger partial charge in [-0.3, -0.25) is 5.32 Å². The van der Waals surface area contributed by atoms with Gasteiger partial charge in [-0.1, -0.05) is 59.8 Å². The molecule has 0 spiro atoms. The van der Waals surface area contributed by atoms with Gasteiger partial charge in [0.05, 0.1) is 0 Å². The smallest absolute Gasteiger partial charge is 0.413 e. The summed E-state index contributed by atoms with van der Waals surface area (Å²) in [5.41, 5.74) is 2.11. The predicted octanol–water partition coefficient (Wildman–Crippen LogP) is 6.62. The molecule has 0 saturated heterocycles. The Kier molecular flexibility index (Phi) is 7.87. The highest BCUT2D eigenvalue weighted by Crippen LogP contribution is 2.34. The molecule has 0 radical (unpaired) electrons. The van der Waals surface area contributed by atoms with Gasteiger partial charge >= 0.3 is 12.1 Å². The van der Waals surface area contributed by atoms with Crippen molar-refractivity contribution in [2.75, 3.05) is 5.32 Å². The summed E-state index contributed by atoms with van der Waals surface area (Å²) in [5.74, 6) is -4.36. The van der Waals surface area contributed by atoms with Gasteiger partial charge in [0.1, 0.15) is 17.4 Å². The third-order valence-electron chi connectivity index (χ3n) is 6.29. The van der Waals surface area contributed by atoms with Gasteiger partial charge in [0, 0.05) is 18.8 Å². The van der Waals surface area contributed by atoms with Crippen LogP contribution < -0.4 is 10.1 Å². The Morgan fingerprint density at radius 1 is 0.929 bits per heavy atom. The SMILES string of the molecule is CC(OC(=O)Nc1c(-c2ccc(-c3cc(F)c(Oc4ncccc4C(=O)O)c(F)c3)cc2)nnn1C)c1ccccc1. The number of anilines is 1. The summed E-state index contributed by atoms with van der Waals surface area (Å²) in [6.45, 7) is 1.76. The van der Waals surface area contributed by atoms with E-state index in [0.29, 0.717) is 22.6 Å². The van der Waals surface area contributed by atoms with Gasteiger partial charge in [-0.05, 0) is 47.9 Å². The Morgan fingerprint density at radius 2 is 1.60 bits per heavy atom. The van der Waals surface area contributed by atoms with E-state index in [0.717, 1.165) is 17.7 Å². The van der Waals surface area contributed by atoms with Gasteiger partial charge < -0.3 is 14.6 Å². The second-order valence-electron chi connectivity index (χ2n) is 9.10. The maximum absolute atomic E-state index is 14.9. The van der Waals surface area contributed by atoms with E-state index in [-0.39, 0.29) is 11.1 Å². The molecule has 10 nitrogen and oxygen atoms in total. The van der Waals surface area contributed by atoms with Crippen molar-refractivity contribution in [2.45, 2.75) is 13.0 Å². The highest BCUT2D eigenvalue weighted by Gasteiger charge is 2.21. The number of rotatable bonds is 8. The van der Waals surface area contributed by atoms with Crippen LogP contribution in [0.25, 0.3) is 22.4 Å². The minimum absolute atomic E-state index is 0.208. The lowest BCUT2D eigenvalue weighted by molar-refractivity contribution is 0.0693. The average molecular weight is 572 g/mol. The first-order valence-electron chi connectivity index (χ1n) is 12.6. The molecule has 0 aliphatic rings. The van der Waals surface area contributed by atoms with Gasteiger partial charge in [0.25, 0.3) is 0 Å². The summed E-state index contributed by atoms with van der Waals surface area (Å²) >= 11 is 0. The van der Waals surface area contributed by atoms with E-state index in [4.69, 9.17) is 9.47 Å². The molecule has 2 heterocycles. The summed E-state index contributed by atoms with van der Waals surface area (Å²) in [5, 5.41) is 20.1. The largest absolute Gasteiger partial charge is 0.477 e. The second kappa shape index (κ2) is 11.8. The molecule has 0 aliphatic heterocycles. The number of aromatic carboxylic acids is 1. The summed E-state index contributed by atoms with van der Waals surface area (Å²) in [6, 6.07) is 20.6. The number of aromatic nitrogens is 4. The van der Waals surface area contributed by atoms with Crippen molar-refractivity contribution in [3.8, 4) is 34.0 Å². The number of hydrogen-bond donors (Lipinski definition) is 2. The maximum Gasteiger partial charge on any atom is 0.413 e. The first kappa shape index (κ1) is 27.9. The first-order valence-corrected chi connectivity index (χ1v) is 12.6. The van der Waals surface area contributed by atoms with Crippen LogP contribution >= 0.6 is 0 Å². The molecule has 2 N–H and O–H groups in total. The van der Waals surface area contributed by atoms with Crippen LogP contribution in [0, 0.1) is 11.6 Å². The van der Waals surface area contributed by atoms with Gasteiger partial charge in [0.15, 0.2) is 17.5 Å². The van der Waals surface area contributed by atoms with Crippen molar-refractivity contribution in [1.29, 1.82) is 0 Å². The Labute approximate surface area is 238 Å². The minimum atomic E-state index is -1.35. The number of pyridine rings is 1. The fraction of sp³-hybridized carbons (Fsp3) is 0.100. The lowest BCUT2D eigenvalue weighted by atomic mass is 10.0. The number of benzene rings is 3. The van der Waals surface area contributed by atoms with Crippen molar-refractivity contribution in [3.63, 3.8) is 0 Å². The van der Waals surface area contributed by atoms with E-state index in [9.17, 15) is 23.5 Å². The Morgan fingerprint density at radius 3 is 2.26 bits per heavy atom. The first-order chi connectivity index (χ1) is 20.2. The van der Waals surface area contributed by atoms with Crippen LogP contribution in [-0.4, -0.2) is 37.1 Å². The third-order valence-corrected chi connectivity index (χ3v) is 6.29. The standard InChI is InChI=1S/C30H23F2N5O5/c1-17(18-7-4-3-5-8-18)41-30(40)34-27-25(35-36-37(27)2)20-12-10-19(11-13-20)21-15-23(31)26(24(32)16-21)42-28-22(29(38)39)9-6-14-33-28/h3-17H,1-2H3,(H,34,40)(H,38,39). The summed E-state index contributed by atoms with van der Waals surface area (Å²) in [4.78, 5) is 27.8. The average Bonchev–Trinajstić information content (AvgIpc) is 3.34. The molecule has 5 aromatic rings. The number of carbonyl (C=O) groups excluding carboxylic acids is 1. The van der Waals surface area contributed by atoms with Crippen LogP contribution in [0.3, 0.4) is 0 Å². The van der Waals surface area contributed by atoms with Gasteiger partial charge in [0.2, 0.25) is 11.6 Å². The molecule has 12 heteroatoms. The van der Waals surface area contributed by atoms with E-state index in [1.165, 1.54) is 23.0 Å². The predicted molar refractivity (Wildman–Crippen MR) is 148 cm³/mol. The minimum Gasteiger partial charge on any atom is -0.477 e. The number of aryl methyl sites for hydroxylation is 1. The molecule has 3 aromatic carbocycles. The monoisotopic (exact) mass is 571 g/mol. The highest BCUT2D eigenvalue weighted by atomic mass is 19.1. The molecule has 0 fully saturated rings. The Bertz CT molecular complexity index is 1740. The van der Waals surface area contributed by atoms with E-state index >= 15 is 0 Å². The lowest BCUT2D eigenvalue weighted by Crippen LogP contribution is -2.18. The third kappa shape index (κ3) is 5.92. The summed E-state index contributed by atoms with van der Waals surface area (Å²) in [7, 11) is 1.61. The normalized spacial score (nSPS) is 11.5. The topological polar surface area (TPSA) is 128 Å². The number of amides is 1. The van der Waals surface area contributed by atoms with Crippen LogP contribution in [-0.2, 0) is 11.8 Å². The zero-order valence-electron chi connectivity index (χ0n) is 22.3. The molecule has 1 atom stereocenters. The van der Waals surface area contributed by atoms with Crippen LogP contribution in [0.1, 0.15) is 28.9 Å². The molecule has 2 aromatic heterocycles. The molecule has 1 unspecified atom stereocenters. The van der Waals surface area contributed by atoms with E-state index in [1.54, 1.807) is 38.2 Å². The van der Waals surface area contributed by atoms with E-state index in [1.807, 2.05) is 30.3 Å². The van der Waals surface area contributed by atoms with Crippen LogP contribution in [0.4, 0.5) is 19.4 Å². The molecule has 0 bridgehead atoms. The molecule has 1 amide bonds. The number of nitrogens with one attached hydrogen (secondary N) is 1. The molecular weight excluding hydrogens is 548 g/mol. The van der Waals surface area contributed by atoms with Crippen molar-refractivity contribution >= 4 is 17.9 Å². The second-order valence-corrected chi connectivity index (χ2v) is 9.10. The zero-order chi connectivity index (χ0) is 29.8. The van der Waals surface area contributed by atoms with E-state index < -0.39 is 41.4 Å². The summed E-state index contributed by atoms with van der Waals surface area (Å²) in [6.07, 6.45) is 0.0691. The number of nitrogens with zero attached hydrogens (tertiary/aromatic N) is 4. The molecular formula is C30H23F2N5O5. The number of carboxylic acids is 1. The van der Waals surface area contributed by atoms with Crippen LogP contribution in [0.15, 0.2) is 85.1 Å². The molecule has 0 saturated carbocycles. The quantitative estimate of drug-likeness (QED) is 0.213. The molecule has 42 heavy (non-hydrogen) atoms. The fourth-order valence-electron chi connectivity index (χ4n) is 4.15. The molecule has 212 valence electrons. The number of carboxylic acid groups (broad SMARTS) is 1. The van der Waals surface area contributed by atoms with Crippen LogP contribution in [0.5, 0.6) is 11.6 Å². The lowest BCUT2D eigenvalue weighted by Gasteiger charge is -2.14. The van der Waals surface area contributed by atoms with Crippen molar-refractivity contribution < 1.29 is 33.0 Å². The van der Waals surface area contributed by atoms with Crippen LogP contribution in [0.2, 0.25) is 0 Å². The number of carbonyl (C=O) groups is 2. The summed E-state index contributed by atoms with van der Waals surface area (Å²) < 4.78 is 41.9. The van der Waals surface area contributed by atoms with Gasteiger partial charge in [-0.25, -0.2) is 28.0 Å². The Hall–Kier alpha value is -5.65. The number of ether oxygens (including phenoxy) is 2. The Balaban J connectivity index is 1.34. The maximum atomic E-state index is 14.9. The fourth-order valence-corrected chi connectivity index (χ4v) is 4.15. The molecule has 5 rings (SSSR count). The van der Waals surface area contributed by atoms with Gasteiger partial charge in [-0.2, -0.15) is 0 Å². The number of hydrogen-bond acceptors (Lipinski definition) is 7.